The number of carbonyl (C=O) groups excluding carboxylic acids is 1. The molecule has 8 heteroatoms. The second-order valence-corrected chi connectivity index (χ2v) is 11.3. The molecule has 1 heterocycles. The van der Waals surface area contributed by atoms with Gasteiger partial charge in [-0.1, -0.05) is 11.6 Å². The van der Waals surface area contributed by atoms with E-state index in [1.165, 1.54) is 6.07 Å². The topological polar surface area (TPSA) is 38.8 Å². The number of rotatable bonds is 7. The molecule has 1 aliphatic carbocycles. The Morgan fingerprint density at radius 1 is 1.03 bits per heavy atom. The maximum atomic E-state index is 13.1. The van der Waals surface area contributed by atoms with Crippen LogP contribution in [0, 0.1) is 5.92 Å². The van der Waals surface area contributed by atoms with E-state index in [1.54, 1.807) is 6.07 Å². The third kappa shape index (κ3) is 7.16. The Hall–Kier alpha value is -2.25. The number of hydrogen-bond acceptors (Lipinski definition) is 4. The van der Waals surface area contributed by atoms with Crippen molar-refractivity contribution in [2.45, 2.75) is 70.7 Å². The minimum atomic E-state index is -4.38. The maximum Gasteiger partial charge on any atom is 0.416 e. The normalized spacial score (nSPS) is 17.8. The number of ether oxygens (including phenoxy) is 2. The van der Waals surface area contributed by atoms with E-state index in [2.05, 4.69) is 4.90 Å². The molecule has 2 fully saturated rings. The van der Waals surface area contributed by atoms with E-state index in [-0.39, 0.29) is 5.97 Å². The Bertz CT molecular complexity index is 1080. The zero-order valence-electron chi connectivity index (χ0n) is 21.0. The SMILES string of the molecule is CC(C)(C)OC(=O)c1ccc(OCC2CCN(Cc3cc(C(F)(F)F)ccc3Cl)CC2)c(C2CC2)c1. The second kappa shape index (κ2) is 10.6. The standard InChI is InChI=1S/C28H33ClF3NO3/c1-27(2,3)36-26(34)20-6-9-25(23(15-20)19-4-5-19)35-17-18-10-12-33(13-11-18)16-21-14-22(28(30,31)32)7-8-24(21)29/h6-9,14-15,18-19H,4-5,10-13,16-17H2,1-3H3. The molecule has 4 nitrogen and oxygen atoms in total. The van der Waals surface area contributed by atoms with Gasteiger partial charge in [0.15, 0.2) is 0 Å². The third-order valence-corrected chi connectivity index (χ3v) is 6.98. The van der Waals surface area contributed by atoms with Crippen LogP contribution in [0.1, 0.15) is 79.4 Å². The lowest BCUT2D eigenvalue weighted by Crippen LogP contribution is -2.35. The van der Waals surface area contributed by atoms with Crippen molar-refractivity contribution >= 4 is 17.6 Å². The van der Waals surface area contributed by atoms with Crippen LogP contribution in [0.25, 0.3) is 0 Å². The molecule has 0 spiro atoms. The first-order valence-electron chi connectivity index (χ1n) is 12.5. The molecule has 0 aromatic heterocycles. The van der Waals surface area contributed by atoms with E-state index in [0.717, 1.165) is 62.2 Å². The molecule has 1 aliphatic heterocycles. The molecule has 36 heavy (non-hydrogen) atoms. The molecule has 0 bridgehead atoms. The van der Waals surface area contributed by atoms with Gasteiger partial charge in [-0.25, -0.2) is 4.79 Å². The van der Waals surface area contributed by atoms with Crippen LogP contribution >= 0.6 is 11.6 Å². The van der Waals surface area contributed by atoms with Crippen molar-refractivity contribution in [2.75, 3.05) is 19.7 Å². The molecule has 1 saturated heterocycles. The van der Waals surface area contributed by atoms with Crippen molar-refractivity contribution in [2.24, 2.45) is 5.92 Å². The van der Waals surface area contributed by atoms with E-state index in [4.69, 9.17) is 21.1 Å². The molecule has 2 aromatic carbocycles. The molecule has 0 N–H and O–H groups in total. The molecule has 0 unspecified atom stereocenters. The van der Waals surface area contributed by atoms with Gasteiger partial charge in [-0.3, -0.25) is 4.90 Å². The van der Waals surface area contributed by atoms with Crippen molar-refractivity contribution in [3.63, 3.8) is 0 Å². The molecule has 4 rings (SSSR count). The summed E-state index contributed by atoms with van der Waals surface area (Å²) in [6.45, 7) is 8.07. The number of halogens is 4. The predicted molar refractivity (Wildman–Crippen MR) is 134 cm³/mol. The number of hydrogen-bond donors (Lipinski definition) is 0. The largest absolute Gasteiger partial charge is 0.493 e. The number of benzene rings is 2. The Kier molecular flexibility index (Phi) is 7.91. The van der Waals surface area contributed by atoms with Gasteiger partial charge >= 0.3 is 12.1 Å². The van der Waals surface area contributed by atoms with Gasteiger partial charge in [0, 0.05) is 11.6 Å². The van der Waals surface area contributed by atoms with Crippen LogP contribution in [0.5, 0.6) is 5.75 Å². The maximum absolute atomic E-state index is 13.1. The summed E-state index contributed by atoms with van der Waals surface area (Å²) in [6.07, 6.45) is -0.417. The Labute approximate surface area is 215 Å². The number of piperidine rings is 1. The molecule has 196 valence electrons. The predicted octanol–water partition coefficient (Wildman–Crippen LogP) is 7.48. The molecular weight excluding hydrogens is 491 g/mol. The monoisotopic (exact) mass is 523 g/mol. The van der Waals surface area contributed by atoms with Crippen LogP contribution in [-0.2, 0) is 17.5 Å². The third-order valence-electron chi connectivity index (χ3n) is 6.61. The van der Waals surface area contributed by atoms with Gasteiger partial charge in [-0.2, -0.15) is 13.2 Å². The zero-order chi connectivity index (χ0) is 26.1. The van der Waals surface area contributed by atoms with Gasteiger partial charge in [0.25, 0.3) is 0 Å². The molecule has 0 amide bonds. The van der Waals surface area contributed by atoms with Crippen LogP contribution in [0.3, 0.4) is 0 Å². The van der Waals surface area contributed by atoms with Gasteiger partial charge in [-0.15, -0.1) is 0 Å². The lowest BCUT2D eigenvalue weighted by Gasteiger charge is -2.32. The van der Waals surface area contributed by atoms with E-state index < -0.39 is 17.3 Å². The van der Waals surface area contributed by atoms with Gasteiger partial charge < -0.3 is 9.47 Å². The highest BCUT2D eigenvalue weighted by Crippen LogP contribution is 2.45. The first-order chi connectivity index (χ1) is 16.9. The summed E-state index contributed by atoms with van der Waals surface area (Å²) in [5.74, 6) is 1.27. The highest BCUT2D eigenvalue weighted by atomic mass is 35.5. The Morgan fingerprint density at radius 3 is 2.33 bits per heavy atom. The van der Waals surface area contributed by atoms with E-state index in [1.807, 2.05) is 32.9 Å². The summed E-state index contributed by atoms with van der Waals surface area (Å²) < 4.78 is 50.9. The molecule has 0 atom stereocenters. The minimum Gasteiger partial charge on any atom is -0.493 e. The summed E-state index contributed by atoms with van der Waals surface area (Å²) in [6, 6.07) is 9.03. The Morgan fingerprint density at radius 2 is 1.72 bits per heavy atom. The van der Waals surface area contributed by atoms with Crippen molar-refractivity contribution in [3.05, 3.63) is 63.7 Å². The summed E-state index contributed by atoms with van der Waals surface area (Å²) >= 11 is 6.18. The first-order valence-corrected chi connectivity index (χ1v) is 12.8. The minimum absolute atomic E-state index is 0.329. The number of likely N-dealkylation sites (tertiary alicyclic amines) is 1. The fraction of sp³-hybridized carbons (Fsp3) is 0.536. The summed E-state index contributed by atoms with van der Waals surface area (Å²) in [5, 5.41) is 0.357. The molecule has 2 aromatic rings. The molecular formula is C28H33ClF3NO3. The van der Waals surface area contributed by atoms with Crippen LogP contribution in [0.2, 0.25) is 5.02 Å². The number of alkyl halides is 3. The van der Waals surface area contributed by atoms with Gasteiger partial charge in [0.05, 0.1) is 17.7 Å². The van der Waals surface area contributed by atoms with Gasteiger partial charge in [0.1, 0.15) is 11.4 Å². The highest BCUT2D eigenvalue weighted by Gasteiger charge is 2.32. The summed E-state index contributed by atoms with van der Waals surface area (Å²) in [7, 11) is 0. The smallest absolute Gasteiger partial charge is 0.416 e. The van der Waals surface area contributed by atoms with E-state index in [0.29, 0.717) is 41.1 Å². The fourth-order valence-corrected chi connectivity index (χ4v) is 4.67. The number of esters is 1. The van der Waals surface area contributed by atoms with Gasteiger partial charge in [0.2, 0.25) is 0 Å². The second-order valence-electron chi connectivity index (χ2n) is 10.9. The molecule has 0 radical (unpaired) electrons. The average molecular weight is 524 g/mol. The summed E-state index contributed by atoms with van der Waals surface area (Å²) in [4.78, 5) is 14.6. The highest BCUT2D eigenvalue weighted by molar-refractivity contribution is 6.31. The van der Waals surface area contributed by atoms with Gasteiger partial charge in [-0.05, 0) is 119 Å². The zero-order valence-corrected chi connectivity index (χ0v) is 21.7. The quantitative estimate of drug-likeness (QED) is 0.353. The van der Waals surface area contributed by atoms with Crippen molar-refractivity contribution in [1.82, 2.24) is 4.90 Å². The number of nitrogens with zero attached hydrogens (tertiary/aromatic N) is 1. The van der Waals surface area contributed by atoms with Crippen molar-refractivity contribution in [3.8, 4) is 5.75 Å². The average Bonchev–Trinajstić information content (AvgIpc) is 3.63. The van der Waals surface area contributed by atoms with Crippen LogP contribution in [-0.4, -0.2) is 36.2 Å². The van der Waals surface area contributed by atoms with Crippen molar-refractivity contribution < 1.29 is 27.4 Å². The fourth-order valence-electron chi connectivity index (χ4n) is 4.49. The lowest BCUT2D eigenvalue weighted by molar-refractivity contribution is -0.137. The lowest BCUT2D eigenvalue weighted by atomic mass is 9.97. The van der Waals surface area contributed by atoms with Crippen LogP contribution in [0.15, 0.2) is 36.4 Å². The number of carbonyl (C=O) groups is 1. The van der Waals surface area contributed by atoms with Crippen LogP contribution < -0.4 is 4.74 Å². The van der Waals surface area contributed by atoms with Crippen molar-refractivity contribution in [1.29, 1.82) is 0 Å². The first kappa shape index (κ1) is 26.8. The molecule has 1 saturated carbocycles. The van der Waals surface area contributed by atoms with E-state index >= 15 is 0 Å². The van der Waals surface area contributed by atoms with E-state index in [9.17, 15) is 18.0 Å². The Balaban J connectivity index is 1.32. The summed E-state index contributed by atoms with van der Waals surface area (Å²) in [5.41, 5.74) is 0.887. The van der Waals surface area contributed by atoms with Crippen LogP contribution in [0.4, 0.5) is 13.2 Å². The molecule has 2 aliphatic rings.